The number of hydrogen-bond donors (Lipinski definition) is 2. The number of fused-ring (bicyclic) bond motifs is 1. The van der Waals surface area contributed by atoms with Crippen molar-refractivity contribution in [3.8, 4) is 17.2 Å². The SMILES string of the molecule is CCOc1ccccc1CCNC(=S)Nc1ccc2c(c1)OCO2. The number of hydrogen-bond acceptors (Lipinski definition) is 4. The number of anilines is 1. The third-order valence-electron chi connectivity index (χ3n) is 3.58. The van der Waals surface area contributed by atoms with Crippen LogP contribution in [-0.2, 0) is 6.42 Å². The molecule has 126 valence electrons. The molecule has 6 heteroatoms. The molecule has 0 radical (unpaired) electrons. The van der Waals surface area contributed by atoms with Gasteiger partial charge in [0.25, 0.3) is 0 Å². The van der Waals surface area contributed by atoms with Gasteiger partial charge in [0.2, 0.25) is 6.79 Å². The molecular weight excluding hydrogens is 324 g/mol. The summed E-state index contributed by atoms with van der Waals surface area (Å²) in [6.07, 6.45) is 0.832. The van der Waals surface area contributed by atoms with Gasteiger partial charge in [0, 0.05) is 18.3 Å². The lowest BCUT2D eigenvalue weighted by Crippen LogP contribution is -2.30. The van der Waals surface area contributed by atoms with Gasteiger partial charge in [-0.05, 0) is 49.3 Å². The Labute approximate surface area is 146 Å². The molecule has 0 amide bonds. The van der Waals surface area contributed by atoms with Crippen molar-refractivity contribution < 1.29 is 14.2 Å². The minimum atomic E-state index is 0.265. The zero-order valence-corrected chi connectivity index (χ0v) is 14.3. The molecule has 0 saturated carbocycles. The average Bonchev–Trinajstić information content (AvgIpc) is 3.04. The number of ether oxygens (including phenoxy) is 3. The molecular formula is C18H20N2O3S. The van der Waals surface area contributed by atoms with Crippen molar-refractivity contribution in [2.24, 2.45) is 0 Å². The lowest BCUT2D eigenvalue weighted by molar-refractivity contribution is 0.174. The van der Waals surface area contributed by atoms with Crippen molar-refractivity contribution in [3.05, 3.63) is 48.0 Å². The molecule has 3 rings (SSSR count). The van der Waals surface area contributed by atoms with Crippen LogP contribution in [0.15, 0.2) is 42.5 Å². The van der Waals surface area contributed by atoms with Gasteiger partial charge in [-0.2, -0.15) is 0 Å². The van der Waals surface area contributed by atoms with Crippen molar-refractivity contribution in [2.45, 2.75) is 13.3 Å². The maximum absolute atomic E-state index is 5.63. The van der Waals surface area contributed by atoms with E-state index in [2.05, 4.69) is 16.7 Å². The fourth-order valence-electron chi connectivity index (χ4n) is 2.47. The van der Waals surface area contributed by atoms with E-state index in [4.69, 9.17) is 26.4 Å². The minimum Gasteiger partial charge on any atom is -0.494 e. The van der Waals surface area contributed by atoms with Gasteiger partial charge in [-0.3, -0.25) is 0 Å². The first kappa shape index (κ1) is 16.4. The van der Waals surface area contributed by atoms with Crippen molar-refractivity contribution in [2.75, 3.05) is 25.3 Å². The third-order valence-corrected chi connectivity index (χ3v) is 3.83. The Morgan fingerprint density at radius 2 is 2.00 bits per heavy atom. The molecule has 0 fully saturated rings. The van der Waals surface area contributed by atoms with E-state index in [1.807, 2.05) is 43.3 Å². The zero-order chi connectivity index (χ0) is 16.8. The number of nitrogens with one attached hydrogen (secondary N) is 2. The molecule has 1 aliphatic rings. The molecule has 0 aromatic heterocycles. The largest absolute Gasteiger partial charge is 0.494 e. The highest BCUT2D eigenvalue weighted by Crippen LogP contribution is 2.34. The monoisotopic (exact) mass is 344 g/mol. The second-order valence-corrected chi connectivity index (χ2v) is 5.65. The van der Waals surface area contributed by atoms with E-state index in [0.29, 0.717) is 11.7 Å². The molecule has 0 aliphatic carbocycles. The first-order valence-electron chi connectivity index (χ1n) is 7.91. The van der Waals surface area contributed by atoms with Crippen molar-refractivity contribution in [1.29, 1.82) is 0 Å². The zero-order valence-electron chi connectivity index (χ0n) is 13.5. The highest BCUT2D eigenvalue weighted by atomic mass is 32.1. The smallest absolute Gasteiger partial charge is 0.231 e. The van der Waals surface area contributed by atoms with Crippen LogP contribution in [0, 0.1) is 0 Å². The van der Waals surface area contributed by atoms with Crippen molar-refractivity contribution in [1.82, 2.24) is 5.32 Å². The van der Waals surface area contributed by atoms with E-state index in [1.165, 1.54) is 0 Å². The quantitative estimate of drug-likeness (QED) is 0.784. The molecule has 2 N–H and O–H groups in total. The lowest BCUT2D eigenvalue weighted by Gasteiger charge is -2.13. The minimum absolute atomic E-state index is 0.265. The predicted octanol–water partition coefficient (Wildman–Crippen LogP) is 3.34. The molecule has 0 bridgehead atoms. The summed E-state index contributed by atoms with van der Waals surface area (Å²) in [7, 11) is 0. The van der Waals surface area contributed by atoms with Gasteiger partial charge in [-0.15, -0.1) is 0 Å². The van der Waals surface area contributed by atoms with Crippen LogP contribution in [-0.4, -0.2) is 25.1 Å². The molecule has 24 heavy (non-hydrogen) atoms. The Morgan fingerprint density at radius 1 is 1.17 bits per heavy atom. The van der Waals surface area contributed by atoms with Crippen LogP contribution in [0.4, 0.5) is 5.69 Å². The number of para-hydroxylation sites is 1. The first-order chi connectivity index (χ1) is 11.8. The van der Waals surface area contributed by atoms with Crippen LogP contribution in [0.1, 0.15) is 12.5 Å². The summed E-state index contributed by atoms with van der Waals surface area (Å²) in [5.41, 5.74) is 2.03. The van der Waals surface area contributed by atoms with Crippen LogP contribution >= 0.6 is 12.2 Å². The summed E-state index contributed by atoms with van der Waals surface area (Å²) in [4.78, 5) is 0. The Balaban J connectivity index is 1.49. The van der Waals surface area contributed by atoms with Gasteiger partial charge in [0.1, 0.15) is 5.75 Å². The summed E-state index contributed by atoms with van der Waals surface area (Å²) in [5.74, 6) is 2.41. The molecule has 2 aromatic carbocycles. The number of rotatable bonds is 6. The number of thiocarbonyl (C=S) groups is 1. The standard InChI is InChI=1S/C18H20N2O3S/c1-2-21-15-6-4-3-5-13(15)9-10-19-18(24)20-14-7-8-16-17(11-14)23-12-22-16/h3-8,11H,2,9-10,12H2,1H3,(H2,19,20,24). The predicted molar refractivity (Wildman–Crippen MR) is 98.1 cm³/mol. The fraction of sp³-hybridized carbons (Fsp3) is 0.278. The second-order valence-electron chi connectivity index (χ2n) is 5.24. The van der Waals surface area contributed by atoms with Crippen LogP contribution in [0.25, 0.3) is 0 Å². The van der Waals surface area contributed by atoms with Gasteiger partial charge >= 0.3 is 0 Å². The first-order valence-corrected chi connectivity index (χ1v) is 8.32. The molecule has 2 aromatic rings. The van der Waals surface area contributed by atoms with Crippen LogP contribution < -0.4 is 24.8 Å². The lowest BCUT2D eigenvalue weighted by atomic mass is 10.1. The van der Waals surface area contributed by atoms with E-state index in [-0.39, 0.29) is 6.79 Å². The molecule has 0 spiro atoms. The van der Waals surface area contributed by atoms with E-state index in [0.717, 1.165) is 41.5 Å². The summed E-state index contributed by atoms with van der Waals surface area (Å²) >= 11 is 5.34. The van der Waals surface area contributed by atoms with E-state index in [1.54, 1.807) is 0 Å². The van der Waals surface area contributed by atoms with Crippen LogP contribution in [0.2, 0.25) is 0 Å². The fourth-order valence-corrected chi connectivity index (χ4v) is 2.69. The maximum atomic E-state index is 5.63. The summed E-state index contributed by atoms with van der Waals surface area (Å²) in [6.45, 7) is 3.63. The normalized spacial score (nSPS) is 11.9. The summed E-state index contributed by atoms with van der Waals surface area (Å²) in [5, 5.41) is 6.93. The van der Waals surface area contributed by atoms with Gasteiger partial charge < -0.3 is 24.8 Å². The molecule has 0 unspecified atom stereocenters. The highest BCUT2D eigenvalue weighted by molar-refractivity contribution is 7.80. The molecule has 1 aliphatic heterocycles. The molecule has 0 atom stereocenters. The average molecular weight is 344 g/mol. The van der Waals surface area contributed by atoms with Crippen molar-refractivity contribution in [3.63, 3.8) is 0 Å². The van der Waals surface area contributed by atoms with E-state index >= 15 is 0 Å². The third kappa shape index (κ3) is 4.08. The van der Waals surface area contributed by atoms with Crippen LogP contribution in [0.3, 0.4) is 0 Å². The summed E-state index contributed by atoms with van der Waals surface area (Å²) < 4.78 is 16.3. The molecule has 1 heterocycles. The van der Waals surface area contributed by atoms with Gasteiger partial charge in [0.15, 0.2) is 16.6 Å². The van der Waals surface area contributed by atoms with Gasteiger partial charge in [-0.25, -0.2) is 0 Å². The molecule has 5 nitrogen and oxygen atoms in total. The van der Waals surface area contributed by atoms with Crippen molar-refractivity contribution >= 4 is 23.0 Å². The van der Waals surface area contributed by atoms with E-state index < -0.39 is 0 Å². The Morgan fingerprint density at radius 3 is 2.88 bits per heavy atom. The Kier molecular flexibility index (Phi) is 5.38. The van der Waals surface area contributed by atoms with Gasteiger partial charge in [-0.1, -0.05) is 18.2 Å². The Hall–Kier alpha value is -2.47. The summed E-state index contributed by atoms with van der Waals surface area (Å²) in [6, 6.07) is 13.7. The maximum Gasteiger partial charge on any atom is 0.231 e. The topological polar surface area (TPSA) is 51.8 Å². The molecule has 0 saturated heterocycles. The number of benzene rings is 2. The second kappa shape index (κ2) is 7.88. The van der Waals surface area contributed by atoms with Crippen LogP contribution in [0.5, 0.6) is 17.2 Å². The Bertz CT molecular complexity index is 721. The van der Waals surface area contributed by atoms with E-state index in [9.17, 15) is 0 Å². The highest BCUT2D eigenvalue weighted by Gasteiger charge is 2.13. The van der Waals surface area contributed by atoms with Gasteiger partial charge in [0.05, 0.1) is 6.61 Å².